The molecule has 1 N–H and O–H groups in total. The summed E-state index contributed by atoms with van der Waals surface area (Å²) in [7, 11) is 1.32. The summed E-state index contributed by atoms with van der Waals surface area (Å²) in [6, 6.07) is 1.19. The highest BCUT2D eigenvalue weighted by molar-refractivity contribution is 6.31. The number of nitrogens with zero attached hydrogens (tertiary/aromatic N) is 5. The van der Waals surface area contributed by atoms with Gasteiger partial charge in [0, 0.05) is 24.0 Å². The Hall–Kier alpha value is -4.06. The third-order valence-corrected chi connectivity index (χ3v) is 8.64. The number of aryl methyl sites for hydroxylation is 1. The number of aromatic nitrogens is 6. The molecule has 5 aromatic rings. The van der Waals surface area contributed by atoms with Gasteiger partial charge in [-0.25, -0.2) is 24.1 Å². The molecule has 3 fully saturated rings. The maximum atomic E-state index is 15.3. The molecule has 0 radical (unpaired) electrons. The highest BCUT2D eigenvalue weighted by Crippen LogP contribution is 2.60. The molecule has 0 aromatic carbocycles. The van der Waals surface area contributed by atoms with Crippen LogP contribution in [0.1, 0.15) is 43.2 Å². The molecule has 3 aliphatic carbocycles. The van der Waals surface area contributed by atoms with Crippen molar-refractivity contribution in [1.82, 2.24) is 29.7 Å². The molecule has 0 amide bonds. The van der Waals surface area contributed by atoms with E-state index in [0.717, 1.165) is 12.8 Å². The molecule has 3 aliphatic rings. The minimum Gasteiger partial charge on any atom is -0.469 e. The van der Waals surface area contributed by atoms with Crippen molar-refractivity contribution in [2.24, 2.45) is 11.8 Å². The van der Waals surface area contributed by atoms with Crippen molar-refractivity contribution < 1.29 is 22.8 Å². The Morgan fingerprint density at radius 2 is 2.03 bits per heavy atom. The number of halogens is 2. The summed E-state index contributed by atoms with van der Waals surface area (Å²) >= 11 is 6.16. The Bertz CT molecular complexity index is 1830. The number of pyridine rings is 1. The van der Waals surface area contributed by atoms with E-state index in [9.17, 15) is 9.59 Å². The second kappa shape index (κ2) is 8.47. The Balaban J connectivity index is 1.42. The van der Waals surface area contributed by atoms with E-state index in [1.807, 2.05) is 0 Å². The van der Waals surface area contributed by atoms with Gasteiger partial charge in [-0.2, -0.15) is 5.10 Å². The zero-order valence-electron chi connectivity index (χ0n) is 20.9. The van der Waals surface area contributed by atoms with Gasteiger partial charge < -0.3 is 18.1 Å². The average Bonchev–Trinajstić information content (AvgIpc) is 3.62. The molecule has 11 nitrogen and oxygen atoms in total. The molecule has 0 aliphatic heterocycles. The number of H-pyrrole nitrogens is 1. The number of methoxy groups -OCH3 is 1. The Labute approximate surface area is 224 Å². The normalized spacial score (nSPS) is 24.6. The van der Waals surface area contributed by atoms with Crippen LogP contribution in [0.2, 0.25) is 5.02 Å². The summed E-state index contributed by atoms with van der Waals surface area (Å²) in [4.78, 5) is 38.8. The lowest BCUT2D eigenvalue weighted by molar-refractivity contribution is -0.158. The fraction of sp³-hybridized carbons (Fsp3) is 0.385. The van der Waals surface area contributed by atoms with Crippen LogP contribution in [0.25, 0.3) is 33.6 Å². The van der Waals surface area contributed by atoms with Crippen LogP contribution in [0.3, 0.4) is 0 Å². The van der Waals surface area contributed by atoms with Crippen molar-refractivity contribution in [2.45, 2.75) is 44.1 Å². The molecule has 39 heavy (non-hydrogen) atoms. The number of hydrogen-bond donors (Lipinski definition) is 1. The number of carbonyl (C=O) groups excluding carboxylic acids is 1. The molecule has 2 bridgehead atoms. The predicted octanol–water partition coefficient (Wildman–Crippen LogP) is 4.49. The van der Waals surface area contributed by atoms with Crippen LogP contribution < -0.4 is 5.82 Å². The van der Waals surface area contributed by atoms with E-state index >= 15 is 4.39 Å². The zero-order chi connectivity index (χ0) is 27.1. The largest absolute Gasteiger partial charge is 0.519 e. The van der Waals surface area contributed by atoms with Gasteiger partial charge in [0.15, 0.2) is 23.0 Å². The van der Waals surface area contributed by atoms with Crippen LogP contribution in [0.5, 0.6) is 0 Å². The smallest absolute Gasteiger partial charge is 0.469 e. The summed E-state index contributed by atoms with van der Waals surface area (Å²) in [6.45, 7) is 1.65. The number of hydrogen-bond acceptors (Lipinski definition) is 9. The van der Waals surface area contributed by atoms with Crippen LogP contribution in [-0.2, 0) is 14.9 Å². The van der Waals surface area contributed by atoms with Crippen molar-refractivity contribution in [1.29, 1.82) is 0 Å². The van der Waals surface area contributed by atoms with E-state index in [4.69, 9.17) is 30.2 Å². The third kappa shape index (κ3) is 3.40. The summed E-state index contributed by atoms with van der Waals surface area (Å²) < 4.78 is 33.1. The maximum Gasteiger partial charge on any atom is 0.519 e. The van der Waals surface area contributed by atoms with Gasteiger partial charge in [-0.05, 0) is 44.6 Å². The number of rotatable bonds is 4. The highest BCUT2D eigenvalue weighted by atomic mass is 35.5. The van der Waals surface area contributed by atoms with Crippen molar-refractivity contribution in [3.05, 3.63) is 57.6 Å². The summed E-state index contributed by atoms with van der Waals surface area (Å²) in [6.07, 6.45) is 6.95. The number of aromatic amines is 1. The van der Waals surface area contributed by atoms with E-state index in [2.05, 4.69) is 20.2 Å². The lowest BCUT2D eigenvalue weighted by Crippen LogP contribution is -2.55. The van der Waals surface area contributed by atoms with E-state index < -0.39 is 35.0 Å². The van der Waals surface area contributed by atoms with Crippen LogP contribution >= 0.6 is 11.6 Å². The predicted molar refractivity (Wildman–Crippen MR) is 136 cm³/mol. The van der Waals surface area contributed by atoms with Crippen molar-refractivity contribution >= 4 is 39.6 Å². The number of ether oxygens (including phenoxy) is 1. The average molecular weight is 553 g/mol. The van der Waals surface area contributed by atoms with Crippen LogP contribution in [0, 0.1) is 24.6 Å². The third-order valence-electron chi connectivity index (χ3n) is 8.44. The van der Waals surface area contributed by atoms with Crippen molar-refractivity contribution in [2.75, 3.05) is 7.11 Å². The molecule has 8 rings (SSSR count). The first-order chi connectivity index (χ1) is 18.8. The second-order valence-electron chi connectivity index (χ2n) is 10.3. The first-order valence-corrected chi connectivity index (χ1v) is 12.9. The van der Waals surface area contributed by atoms with Gasteiger partial charge in [0.05, 0.1) is 34.9 Å². The van der Waals surface area contributed by atoms with Crippen molar-refractivity contribution in [3.8, 4) is 11.5 Å². The summed E-state index contributed by atoms with van der Waals surface area (Å²) in [5.74, 6) is -1.56. The number of esters is 1. The van der Waals surface area contributed by atoms with Crippen LogP contribution in [0.15, 0.2) is 38.3 Å². The number of carbonyl (C=O) groups is 1. The van der Waals surface area contributed by atoms with E-state index in [1.165, 1.54) is 25.7 Å². The minimum atomic E-state index is -0.840. The molecule has 3 saturated carbocycles. The lowest BCUT2D eigenvalue weighted by Gasteiger charge is -2.54. The Kier molecular flexibility index (Phi) is 5.21. The summed E-state index contributed by atoms with van der Waals surface area (Å²) in [5, 5.41) is 8.36. The highest BCUT2D eigenvalue weighted by Gasteiger charge is 2.61. The molecule has 2 atom stereocenters. The van der Waals surface area contributed by atoms with Gasteiger partial charge in [0.1, 0.15) is 17.1 Å². The first-order valence-electron chi connectivity index (χ1n) is 12.5. The SMILES string of the molecule is COC(=O)[C@@H]1[C@@H](n2cc(F)c3cnc(-c4[nH]nc5ncc(Cl)cc45)nc32)C2CCC1(c1oc(=O)oc1C)CC2. The second-order valence-corrected chi connectivity index (χ2v) is 10.7. The fourth-order valence-corrected chi connectivity index (χ4v) is 7.00. The standard InChI is InChI=1S/C26H22ClFN6O5/c1-11-20(39-25(36)38-11)26-5-3-12(4-6-26)19(17(26)24(35)37-2)34-10-16(28)15-9-30-22(31-23(15)34)18-14-7-13(27)8-29-21(14)33-32-18/h7-10,12,17,19H,3-6H2,1-2H3,(H,29,32,33)/t12?,17-,19-,26?/m0/s1. The summed E-state index contributed by atoms with van der Waals surface area (Å²) in [5.41, 5.74) is 0.404. The molecular formula is C26H22ClFN6O5. The van der Waals surface area contributed by atoms with Gasteiger partial charge >= 0.3 is 11.8 Å². The zero-order valence-corrected chi connectivity index (χ0v) is 21.7. The van der Waals surface area contributed by atoms with Gasteiger partial charge in [0.25, 0.3) is 0 Å². The topological polar surface area (TPSA) is 142 Å². The maximum absolute atomic E-state index is 15.3. The van der Waals surface area contributed by atoms with E-state index in [1.54, 1.807) is 17.6 Å². The molecule has 13 heteroatoms. The lowest BCUT2D eigenvalue weighted by atomic mass is 9.51. The Morgan fingerprint density at radius 3 is 2.74 bits per heavy atom. The monoisotopic (exact) mass is 552 g/mol. The van der Waals surface area contributed by atoms with Gasteiger partial charge in [-0.1, -0.05) is 11.6 Å². The van der Waals surface area contributed by atoms with Gasteiger partial charge in [-0.3, -0.25) is 9.89 Å². The van der Waals surface area contributed by atoms with Gasteiger partial charge in [-0.15, -0.1) is 0 Å². The van der Waals surface area contributed by atoms with Crippen LogP contribution in [0.4, 0.5) is 4.39 Å². The molecular weight excluding hydrogens is 531 g/mol. The van der Waals surface area contributed by atoms with Crippen molar-refractivity contribution in [3.63, 3.8) is 0 Å². The molecule has 0 unspecified atom stereocenters. The van der Waals surface area contributed by atoms with E-state index in [0.29, 0.717) is 51.8 Å². The quantitative estimate of drug-likeness (QED) is 0.319. The number of fused-ring (bicyclic) bond motifs is 5. The fourth-order valence-electron chi connectivity index (χ4n) is 6.84. The molecule has 5 heterocycles. The molecule has 200 valence electrons. The molecule has 0 saturated heterocycles. The van der Waals surface area contributed by atoms with E-state index in [-0.39, 0.29) is 17.1 Å². The Morgan fingerprint density at radius 1 is 1.23 bits per heavy atom. The first kappa shape index (κ1) is 24.0. The molecule has 5 aromatic heterocycles. The van der Waals surface area contributed by atoms with Gasteiger partial charge in [0.2, 0.25) is 0 Å². The minimum absolute atomic E-state index is 0.0410. The molecule has 0 spiro atoms. The van der Waals surface area contributed by atoms with Crippen LogP contribution in [-0.4, -0.2) is 42.8 Å². The number of nitrogens with one attached hydrogen (secondary N) is 1.